The first kappa shape index (κ1) is 29.6. The monoisotopic (exact) mass is 586 g/mol. The normalized spacial score (nSPS) is 15.5. The van der Waals surface area contributed by atoms with Gasteiger partial charge in [-0.1, -0.05) is 42.5 Å². The van der Waals surface area contributed by atoms with Crippen molar-refractivity contribution in [1.82, 2.24) is 9.88 Å². The number of rotatable bonds is 7. The molecule has 1 aromatic heterocycles. The Labute approximate surface area is 239 Å². The Morgan fingerprint density at radius 3 is 1.64 bits per heavy atom. The Kier molecular flexibility index (Phi) is 8.30. The zero-order chi connectivity index (χ0) is 30.0. The van der Waals surface area contributed by atoms with Gasteiger partial charge in [-0.3, -0.25) is 4.90 Å². The molecule has 0 radical (unpaired) electrons. The minimum absolute atomic E-state index is 0.206. The largest absolute Gasteiger partial charge is 0.439 e. The molecule has 42 heavy (non-hydrogen) atoms. The highest BCUT2D eigenvalue weighted by Crippen LogP contribution is 2.44. The van der Waals surface area contributed by atoms with Crippen molar-refractivity contribution >= 4 is 0 Å². The zero-order valence-electron chi connectivity index (χ0n) is 22.4. The summed E-state index contributed by atoms with van der Waals surface area (Å²) < 4.78 is 85.0. The molecule has 0 spiro atoms. The van der Waals surface area contributed by atoms with E-state index in [1.54, 1.807) is 18.3 Å². The third-order valence-electron chi connectivity index (χ3n) is 7.67. The summed E-state index contributed by atoms with van der Waals surface area (Å²) in [6, 6.07) is 21.4. The van der Waals surface area contributed by atoms with Gasteiger partial charge in [0.05, 0.1) is 11.1 Å². The highest BCUT2D eigenvalue weighted by atomic mass is 19.4. The van der Waals surface area contributed by atoms with Crippen LogP contribution in [0.1, 0.15) is 40.7 Å². The molecule has 3 aromatic carbocycles. The fourth-order valence-corrected chi connectivity index (χ4v) is 5.42. The van der Waals surface area contributed by atoms with Crippen LogP contribution in [-0.4, -0.2) is 28.1 Å². The van der Waals surface area contributed by atoms with Gasteiger partial charge in [-0.25, -0.2) is 4.98 Å². The smallest absolute Gasteiger partial charge is 0.416 e. The Morgan fingerprint density at radius 1 is 0.690 bits per heavy atom. The maximum Gasteiger partial charge on any atom is 0.416 e. The highest BCUT2D eigenvalue weighted by molar-refractivity contribution is 5.40. The molecule has 0 atom stereocenters. The van der Waals surface area contributed by atoms with E-state index in [9.17, 15) is 31.4 Å². The first-order valence-electron chi connectivity index (χ1n) is 13.4. The van der Waals surface area contributed by atoms with Gasteiger partial charge >= 0.3 is 12.4 Å². The van der Waals surface area contributed by atoms with Gasteiger partial charge in [0.25, 0.3) is 0 Å². The number of pyridine rings is 1. The number of aromatic nitrogens is 1. The summed E-state index contributed by atoms with van der Waals surface area (Å²) in [5.41, 5.74) is -2.05. The van der Waals surface area contributed by atoms with Crippen LogP contribution in [0.5, 0.6) is 11.6 Å². The van der Waals surface area contributed by atoms with Crippen LogP contribution >= 0.6 is 0 Å². The number of piperidine rings is 1. The van der Waals surface area contributed by atoms with Crippen molar-refractivity contribution < 1.29 is 36.2 Å². The molecule has 1 aliphatic rings. The maximum absolute atomic E-state index is 13.2. The van der Waals surface area contributed by atoms with Gasteiger partial charge in [0.15, 0.2) is 0 Å². The summed E-state index contributed by atoms with van der Waals surface area (Å²) in [5, 5.41) is 12.1. The molecule has 0 unspecified atom stereocenters. The molecule has 0 aliphatic carbocycles. The molecule has 4 nitrogen and oxygen atoms in total. The van der Waals surface area contributed by atoms with E-state index >= 15 is 0 Å². The number of halogens is 6. The van der Waals surface area contributed by atoms with Crippen LogP contribution in [0.3, 0.4) is 0 Å². The predicted molar refractivity (Wildman–Crippen MR) is 145 cm³/mol. The fourth-order valence-electron chi connectivity index (χ4n) is 5.42. The molecule has 1 saturated heterocycles. The lowest BCUT2D eigenvalue weighted by Crippen LogP contribution is -2.44. The van der Waals surface area contributed by atoms with E-state index in [-0.39, 0.29) is 11.1 Å². The van der Waals surface area contributed by atoms with E-state index in [1.165, 1.54) is 24.3 Å². The van der Waals surface area contributed by atoms with Crippen molar-refractivity contribution in [2.75, 3.05) is 13.1 Å². The second-order valence-electron chi connectivity index (χ2n) is 10.4. The Hall–Kier alpha value is -3.89. The summed E-state index contributed by atoms with van der Waals surface area (Å²) >= 11 is 0. The summed E-state index contributed by atoms with van der Waals surface area (Å²) in [7, 11) is 0. The van der Waals surface area contributed by atoms with Crippen LogP contribution < -0.4 is 4.74 Å². The van der Waals surface area contributed by atoms with Crippen molar-refractivity contribution in [1.29, 1.82) is 0 Å². The molecule has 220 valence electrons. The number of hydrogen-bond donors (Lipinski definition) is 1. The van der Waals surface area contributed by atoms with Crippen LogP contribution in [0.4, 0.5) is 26.3 Å². The molecule has 10 heteroatoms. The molecule has 0 saturated carbocycles. The number of nitrogens with zero attached hydrogens (tertiary/aromatic N) is 2. The quantitative estimate of drug-likeness (QED) is 0.223. The number of hydrogen-bond acceptors (Lipinski definition) is 4. The Bertz CT molecular complexity index is 1390. The molecular weight excluding hydrogens is 558 g/mol. The van der Waals surface area contributed by atoms with Crippen molar-refractivity contribution in [2.24, 2.45) is 5.92 Å². The molecule has 1 fully saturated rings. The van der Waals surface area contributed by atoms with Crippen molar-refractivity contribution in [3.63, 3.8) is 0 Å². The fraction of sp³-hybridized carbons (Fsp3) is 0.281. The standard InChI is InChI=1S/C32H28F6N2O2/c33-31(34,35)26-10-6-23(7-11-26)30(41,24-8-12-27(13-9-24)32(36,37)38)25-16-19-40(20-17-25)21-22-4-14-28(15-5-22)42-29-3-1-2-18-39-29/h1-15,18,25,41H,16-17,19-21H2. The van der Waals surface area contributed by atoms with Gasteiger partial charge in [-0.05, 0) is 91.0 Å². The van der Waals surface area contributed by atoms with Gasteiger partial charge in [0.1, 0.15) is 11.4 Å². The summed E-state index contributed by atoms with van der Waals surface area (Å²) in [6.07, 6.45) is -6.50. The Balaban J connectivity index is 1.32. The maximum atomic E-state index is 13.2. The lowest BCUT2D eigenvalue weighted by molar-refractivity contribution is -0.138. The predicted octanol–water partition coefficient (Wildman–Crippen LogP) is 8.06. The molecule has 1 N–H and O–H groups in total. The lowest BCUT2D eigenvalue weighted by atomic mass is 9.71. The molecule has 2 heterocycles. The second kappa shape index (κ2) is 11.8. The number of likely N-dealkylation sites (tertiary alicyclic amines) is 1. The van der Waals surface area contributed by atoms with Gasteiger partial charge in [-0.15, -0.1) is 0 Å². The molecule has 0 bridgehead atoms. The van der Waals surface area contributed by atoms with Crippen molar-refractivity contribution in [3.8, 4) is 11.6 Å². The third-order valence-corrected chi connectivity index (χ3v) is 7.67. The van der Waals surface area contributed by atoms with E-state index in [1.807, 2.05) is 30.3 Å². The van der Waals surface area contributed by atoms with Crippen LogP contribution in [0.15, 0.2) is 97.2 Å². The zero-order valence-corrected chi connectivity index (χ0v) is 22.4. The van der Waals surface area contributed by atoms with Crippen LogP contribution in [0.2, 0.25) is 0 Å². The van der Waals surface area contributed by atoms with E-state index < -0.39 is 35.0 Å². The molecule has 1 aliphatic heterocycles. The van der Waals surface area contributed by atoms with Gasteiger partial charge in [0.2, 0.25) is 5.88 Å². The average molecular weight is 587 g/mol. The van der Waals surface area contributed by atoms with Crippen molar-refractivity contribution in [3.05, 3.63) is 125 Å². The van der Waals surface area contributed by atoms with Crippen LogP contribution in [0.25, 0.3) is 0 Å². The third kappa shape index (κ3) is 6.60. The average Bonchev–Trinajstić information content (AvgIpc) is 2.98. The minimum atomic E-state index is -4.56. The second-order valence-corrected chi connectivity index (χ2v) is 10.4. The Morgan fingerprint density at radius 2 is 1.19 bits per heavy atom. The SMILES string of the molecule is OC(c1ccc(C(F)(F)F)cc1)(c1ccc(C(F)(F)F)cc1)C1CCN(Cc2ccc(Oc3ccccn3)cc2)CC1. The van der Waals surface area contributed by atoms with Crippen LogP contribution in [-0.2, 0) is 24.5 Å². The van der Waals surface area contributed by atoms with Crippen LogP contribution in [0, 0.1) is 5.92 Å². The topological polar surface area (TPSA) is 45.6 Å². The van der Waals surface area contributed by atoms with Gasteiger partial charge in [0, 0.05) is 18.8 Å². The number of aliphatic hydroxyl groups is 1. The molecular formula is C32H28F6N2O2. The molecule has 4 aromatic rings. The van der Waals surface area contributed by atoms with E-state index in [4.69, 9.17) is 4.74 Å². The number of alkyl halides is 6. The first-order valence-corrected chi connectivity index (χ1v) is 13.4. The van der Waals surface area contributed by atoms with Gasteiger partial charge in [-0.2, -0.15) is 26.3 Å². The first-order chi connectivity index (χ1) is 19.9. The van der Waals surface area contributed by atoms with Gasteiger partial charge < -0.3 is 9.84 Å². The van der Waals surface area contributed by atoms with E-state index in [0.29, 0.717) is 44.1 Å². The van der Waals surface area contributed by atoms with Crippen molar-refractivity contribution in [2.45, 2.75) is 37.3 Å². The number of benzene rings is 3. The van der Waals surface area contributed by atoms with E-state index in [0.717, 1.165) is 29.8 Å². The molecule has 0 amide bonds. The summed E-state index contributed by atoms with van der Waals surface area (Å²) in [4.78, 5) is 6.34. The van der Waals surface area contributed by atoms with E-state index in [2.05, 4.69) is 9.88 Å². The number of ether oxygens (including phenoxy) is 1. The summed E-state index contributed by atoms with van der Waals surface area (Å²) in [5.74, 6) is 0.701. The highest BCUT2D eigenvalue weighted by Gasteiger charge is 2.43. The summed E-state index contributed by atoms with van der Waals surface area (Å²) in [6.45, 7) is 1.80. The minimum Gasteiger partial charge on any atom is -0.439 e. The molecule has 5 rings (SSSR count). The lowest BCUT2D eigenvalue weighted by Gasteiger charge is -2.42.